The Morgan fingerprint density at radius 3 is 3.06 bits per heavy atom. The fraction of sp³-hybridized carbons (Fsp3) is 0.615. The third-order valence-electron chi connectivity index (χ3n) is 3.45. The van der Waals surface area contributed by atoms with Crippen LogP contribution in [-0.4, -0.2) is 28.7 Å². The maximum atomic E-state index is 5.97. The van der Waals surface area contributed by atoms with Crippen molar-refractivity contribution in [3.8, 4) is 0 Å². The number of imidazole rings is 1. The van der Waals surface area contributed by atoms with Crippen LogP contribution in [0, 0.1) is 12.8 Å². The molecule has 1 fully saturated rings. The number of aryl methyl sites for hydroxylation is 1. The lowest BCUT2D eigenvalue weighted by molar-refractivity contribution is 0.487. The van der Waals surface area contributed by atoms with E-state index in [1.54, 1.807) is 0 Å². The highest BCUT2D eigenvalue weighted by Crippen LogP contribution is 2.24. The third-order valence-corrected chi connectivity index (χ3v) is 3.45. The maximum Gasteiger partial charge on any atom is 0.206 e. The van der Waals surface area contributed by atoms with E-state index in [4.69, 9.17) is 5.73 Å². The molecule has 94 valence electrons. The topological polar surface area (TPSA) is 47.1 Å². The molecular formula is C13H22N4. The molecule has 1 aliphatic rings. The van der Waals surface area contributed by atoms with Gasteiger partial charge in [-0.2, -0.15) is 0 Å². The van der Waals surface area contributed by atoms with Crippen LogP contribution in [0.15, 0.2) is 18.9 Å². The van der Waals surface area contributed by atoms with E-state index >= 15 is 0 Å². The molecule has 4 nitrogen and oxygen atoms in total. The highest BCUT2D eigenvalue weighted by Gasteiger charge is 2.27. The number of rotatable bonds is 4. The zero-order valence-corrected chi connectivity index (χ0v) is 10.8. The number of nitrogens with two attached hydrogens (primary N) is 1. The first kappa shape index (κ1) is 12.2. The largest absolute Gasteiger partial charge is 0.342 e. The average Bonchev–Trinajstić information content (AvgIpc) is 2.85. The Hall–Kier alpha value is -1.29. The van der Waals surface area contributed by atoms with Crippen LogP contribution in [0.4, 0.5) is 5.95 Å². The normalized spacial score (nSPS) is 21.8. The van der Waals surface area contributed by atoms with Crippen LogP contribution < -0.4 is 10.6 Å². The van der Waals surface area contributed by atoms with Crippen LogP contribution in [0.2, 0.25) is 0 Å². The van der Waals surface area contributed by atoms with E-state index in [0.29, 0.717) is 5.92 Å². The molecule has 0 spiro atoms. The SMILES string of the molecule is C=CCn1cc(C)nc1N1CCC(C(C)N)C1. The molecule has 2 atom stereocenters. The Morgan fingerprint density at radius 2 is 2.47 bits per heavy atom. The number of hydrogen-bond acceptors (Lipinski definition) is 3. The molecule has 4 heteroatoms. The van der Waals surface area contributed by atoms with Crippen LogP contribution >= 0.6 is 0 Å². The Labute approximate surface area is 103 Å². The first-order chi connectivity index (χ1) is 8.11. The fourth-order valence-corrected chi connectivity index (χ4v) is 2.46. The summed E-state index contributed by atoms with van der Waals surface area (Å²) in [7, 11) is 0. The molecule has 0 radical (unpaired) electrons. The summed E-state index contributed by atoms with van der Waals surface area (Å²) in [6.07, 6.45) is 5.15. The van der Waals surface area contributed by atoms with Gasteiger partial charge >= 0.3 is 0 Å². The first-order valence-corrected chi connectivity index (χ1v) is 6.27. The average molecular weight is 234 g/mol. The van der Waals surface area contributed by atoms with Crippen molar-refractivity contribution in [2.75, 3.05) is 18.0 Å². The van der Waals surface area contributed by atoms with Crippen LogP contribution in [0.1, 0.15) is 19.0 Å². The Morgan fingerprint density at radius 1 is 1.71 bits per heavy atom. The second-order valence-corrected chi connectivity index (χ2v) is 4.98. The molecule has 0 bridgehead atoms. The van der Waals surface area contributed by atoms with E-state index < -0.39 is 0 Å². The smallest absolute Gasteiger partial charge is 0.206 e. The summed E-state index contributed by atoms with van der Waals surface area (Å²) in [5, 5.41) is 0. The Balaban J connectivity index is 2.15. The van der Waals surface area contributed by atoms with Crippen molar-refractivity contribution in [2.45, 2.75) is 32.9 Å². The van der Waals surface area contributed by atoms with Gasteiger partial charge in [-0.3, -0.25) is 0 Å². The van der Waals surface area contributed by atoms with Gasteiger partial charge in [0.25, 0.3) is 0 Å². The van der Waals surface area contributed by atoms with E-state index in [-0.39, 0.29) is 6.04 Å². The molecule has 1 saturated heterocycles. The lowest BCUT2D eigenvalue weighted by Crippen LogP contribution is -2.30. The molecule has 1 aromatic rings. The van der Waals surface area contributed by atoms with Gasteiger partial charge in [0.1, 0.15) is 0 Å². The van der Waals surface area contributed by atoms with Crippen molar-refractivity contribution in [3.05, 3.63) is 24.5 Å². The molecular weight excluding hydrogens is 212 g/mol. The number of allylic oxidation sites excluding steroid dienone is 1. The Kier molecular flexibility index (Phi) is 3.52. The van der Waals surface area contributed by atoms with Crippen molar-refractivity contribution < 1.29 is 0 Å². The minimum absolute atomic E-state index is 0.268. The van der Waals surface area contributed by atoms with Crippen molar-refractivity contribution in [2.24, 2.45) is 11.7 Å². The number of anilines is 1. The molecule has 1 aromatic heterocycles. The van der Waals surface area contributed by atoms with Crippen molar-refractivity contribution in [1.82, 2.24) is 9.55 Å². The van der Waals surface area contributed by atoms with Gasteiger partial charge in [0.05, 0.1) is 5.69 Å². The van der Waals surface area contributed by atoms with E-state index in [1.807, 2.05) is 13.0 Å². The lowest BCUT2D eigenvalue weighted by atomic mass is 10.0. The predicted octanol–water partition coefficient (Wildman–Crippen LogP) is 1.55. The fourth-order valence-electron chi connectivity index (χ4n) is 2.46. The highest BCUT2D eigenvalue weighted by molar-refractivity contribution is 5.35. The third kappa shape index (κ3) is 2.52. The molecule has 2 N–H and O–H groups in total. The van der Waals surface area contributed by atoms with Crippen molar-refractivity contribution in [1.29, 1.82) is 0 Å². The monoisotopic (exact) mass is 234 g/mol. The minimum Gasteiger partial charge on any atom is -0.342 e. The molecule has 2 unspecified atom stereocenters. The van der Waals surface area contributed by atoms with Gasteiger partial charge in [-0.1, -0.05) is 6.08 Å². The van der Waals surface area contributed by atoms with Gasteiger partial charge in [-0.25, -0.2) is 4.98 Å². The van der Waals surface area contributed by atoms with Gasteiger partial charge in [0.15, 0.2) is 0 Å². The second kappa shape index (κ2) is 4.92. The summed E-state index contributed by atoms with van der Waals surface area (Å²) >= 11 is 0. The van der Waals surface area contributed by atoms with Gasteiger partial charge in [-0.15, -0.1) is 6.58 Å². The summed E-state index contributed by atoms with van der Waals surface area (Å²) in [5.74, 6) is 1.65. The molecule has 0 saturated carbocycles. The van der Waals surface area contributed by atoms with E-state index in [1.165, 1.54) is 0 Å². The maximum absolute atomic E-state index is 5.97. The zero-order valence-electron chi connectivity index (χ0n) is 10.8. The first-order valence-electron chi connectivity index (χ1n) is 6.27. The van der Waals surface area contributed by atoms with Crippen LogP contribution in [-0.2, 0) is 6.54 Å². The second-order valence-electron chi connectivity index (χ2n) is 4.98. The predicted molar refractivity (Wildman–Crippen MR) is 71.1 cm³/mol. The summed E-state index contributed by atoms with van der Waals surface area (Å²) in [5.41, 5.74) is 7.03. The number of aromatic nitrogens is 2. The van der Waals surface area contributed by atoms with Crippen LogP contribution in [0.25, 0.3) is 0 Å². The number of hydrogen-bond donors (Lipinski definition) is 1. The highest BCUT2D eigenvalue weighted by atomic mass is 15.3. The molecule has 0 amide bonds. The van der Waals surface area contributed by atoms with Gasteiger partial charge in [-0.05, 0) is 26.2 Å². The van der Waals surface area contributed by atoms with Crippen LogP contribution in [0.3, 0.4) is 0 Å². The lowest BCUT2D eigenvalue weighted by Gasteiger charge is -2.19. The molecule has 17 heavy (non-hydrogen) atoms. The standard InChI is InChI=1S/C13H22N4/c1-4-6-16-8-10(2)15-13(16)17-7-5-12(9-17)11(3)14/h4,8,11-12H,1,5-7,9,14H2,2-3H3. The van der Waals surface area contributed by atoms with Crippen LogP contribution in [0.5, 0.6) is 0 Å². The van der Waals surface area contributed by atoms with Crippen molar-refractivity contribution in [3.63, 3.8) is 0 Å². The van der Waals surface area contributed by atoms with E-state index in [9.17, 15) is 0 Å². The zero-order chi connectivity index (χ0) is 12.4. The van der Waals surface area contributed by atoms with E-state index in [0.717, 1.165) is 37.7 Å². The summed E-state index contributed by atoms with van der Waals surface area (Å²) in [4.78, 5) is 6.94. The minimum atomic E-state index is 0.268. The molecule has 1 aliphatic heterocycles. The molecule has 0 aromatic carbocycles. The summed E-state index contributed by atoms with van der Waals surface area (Å²) < 4.78 is 2.16. The van der Waals surface area contributed by atoms with E-state index in [2.05, 4.69) is 34.2 Å². The molecule has 2 rings (SSSR count). The summed E-state index contributed by atoms with van der Waals surface area (Å²) in [6, 6.07) is 0.268. The quantitative estimate of drug-likeness (QED) is 0.804. The van der Waals surface area contributed by atoms with Gasteiger partial charge in [0, 0.05) is 31.9 Å². The van der Waals surface area contributed by atoms with Gasteiger partial charge < -0.3 is 15.2 Å². The van der Waals surface area contributed by atoms with Gasteiger partial charge in [0.2, 0.25) is 5.95 Å². The number of nitrogens with zero attached hydrogens (tertiary/aromatic N) is 3. The molecule has 0 aliphatic carbocycles. The van der Waals surface area contributed by atoms with Crippen molar-refractivity contribution >= 4 is 5.95 Å². The summed E-state index contributed by atoms with van der Waals surface area (Å²) in [6.45, 7) is 10.8. The molecule has 2 heterocycles. The Bertz CT molecular complexity index is 394.